The molecule has 0 bridgehead atoms. The maximum absolute atomic E-state index is 6.49. The molecule has 0 radical (unpaired) electrons. The fraction of sp³-hybridized carbons (Fsp3) is 0.190. The summed E-state index contributed by atoms with van der Waals surface area (Å²) in [5.41, 5.74) is 4.10. The third-order valence-electron chi connectivity index (χ3n) is 4.96. The van der Waals surface area contributed by atoms with Crippen molar-refractivity contribution in [2.24, 2.45) is 0 Å². The first-order valence-corrected chi connectivity index (χ1v) is 10.3. The average molecular weight is 446 g/mol. The lowest BCUT2D eigenvalue weighted by Gasteiger charge is -2.11. The van der Waals surface area contributed by atoms with Gasteiger partial charge in [0.15, 0.2) is 0 Å². The van der Waals surface area contributed by atoms with Crippen molar-refractivity contribution in [1.29, 1.82) is 0 Å². The van der Waals surface area contributed by atoms with Crippen molar-refractivity contribution < 1.29 is 4.52 Å². The van der Waals surface area contributed by atoms with Crippen LogP contribution in [0.1, 0.15) is 30.2 Å². The predicted octanol–water partition coefficient (Wildman–Crippen LogP) is 6.74. The van der Waals surface area contributed by atoms with Crippen LogP contribution in [0.25, 0.3) is 28.5 Å². The van der Waals surface area contributed by atoms with Crippen molar-refractivity contribution in [1.82, 2.24) is 19.9 Å². The van der Waals surface area contributed by atoms with Crippen LogP contribution in [0, 0.1) is 6.92 Å². The molecule has 0 atom stereocenters. The zero-order chi connectivity index (χ0) is 20.1. The van der Waals surface area contributed by atoms with Crippen molar-refractivity contribution in [2.45, 2.75) is 25.7 Å². The lowest BCUT2D eigenvalue weighted by Crippen LogP contribution is -2.00. The number of nitrogens with zero attached hydrogens (tertiary/aromatic N) is 4. The van der Waals surface area contributed by atoms with E-state index in [1.807, 2.05) is 37.3 Å². The smallest absolute Gasteiger partial charge is 0.230 e. The number of hydrogen-bond acceptors (Lipinski definition) is 4. The summed E-state index contributed by atoms with van der Waals surface area (Å²) < 4.78 is 7.23. The quantitative estimate of drug-likeness (QED) is 0.349. The molecule has 1 aliphatic carbocycles. The Morgan fingerprint density at radius 3 is 2.41 bits per heavy atom. The lowest BCUT2D eigenvalue weighted by atomic mass is 10.1. The van der Waals surface area contributed by atoms with E-state index in [-0.39, 0.29) is 0 Å². The van der Waals surface area contributed by atoms with E-state index in [0.29, 0.717) is 44.1 Å². The summed E-state index contributed by atoms with van der Waals surface area (Å²) in [7, 11) is 0. The van der Waals surface area contributed by atoms with E-state index in [4.69, 9.17) is 44.4 Å². The lowest BCUT2D eigenvalue weighted by molar-refractivity contribution is 0.380. The molecule has 0 amide bonds. The second kappa shape index (κ2) is 7.17. The first kappa shape index (κ1) is 18.7. The molecule has 0 unspecified atom stereocenters. The van der Waals surface area contributed by atoms with Gasteiger partial charge in [0.05, 0.1) is 16.4 Å². The standard InChI is InChI=1S/C21H15Cl3N4O/c1-11-18(20-25-21(29-27-20)13-2-3-13)26-28(17-9-8-15(23)10-16(17)24)19(11)12-4-6-14(22)7-5-12/h4-10,13H,2-3H2,1H3. The number of benzene rings is 2. The Morgan fingerprint density at radius 1 is 1.00 bits per heavy atom. The molecule has 2 aromatic heterocycles. The molecule has 0 spiro atoms. The largest absolute Gasteiger partial charge is 0.339 e. The van der Waals surface area contributed by atoms with Gasteiger partial charge in [0.1, 0.15) is 5.69 Å². The average Bonchev–Trinajstić information content (AvgIpc) is 3.34. The third kappa shape index (κ3) is 3.44. The summed E-state index contributed by atoms with van der Waals surface area (Å²) in [5, 5.41) is 10.7. The van der Waals surface area contributed by atoms with Crippen molar-refractivity contribution in [3.63, 3.8) is 0 Å². The van der Waals surface area contributed by atoms with Gasteiger partial charge >= 0.3 is 0 Å². The highest BCUT2D eigenvalue weighted by molar-refractivity contribution is 6.35. The van der Waals surface area contributed by atoms with Crippen LogP contribution in [-0.2, 0) is 0 Å². The summed E-state index contributed by atoms with van der Waals surface area (Å²) >= 11 is 18.7. The SMILES string of the molecule is Cc1c(-c2noc(C3CC3)n2)nn(-c2ccc(Cl)cc2Cl)c1-c1ccc(Cl)cc1. The summed E-state index contributed by atoms with van der Waals surface area (Å²) in [5.74, 6) is 1.52. The highest BCUT2D eigenvalue weighted by Gasteiger charge is 2.31. The van der Waals surface area contributed by atoms with Gasteiger partial charge < -0.3 is 4.52 Å². The number of hydrogen-bond donors (Lipinski definition) is 0. The second-order valence-corrected chi connectivity index (χ2v) is 8.35. The molecular formula is C21H15Cl3N4O. The number of rotatable bonds is 4. The van der Waals surface area contributed by atoms with Gasteiger partial charge in [-0.3, -0.25) is 0 Å². The first-order valence-electron chi connectivity index (χ1n) is 9.16. The van der Waals surface area contributed by atoms with E-state index in [2.05, 4.69) is 10.1 Å². The van der Waals surface area contributed by atoms with E-state index < -0.39 is 0 Å². The molecule has 146 valence electrons. The van der Waals surface area contributed by atoms with Gasteiger partial charge in [0.25, 0.3) is 0 Å². The van der Waals surface area contributed by atoms with Crippen LogP contribution in [0.4, 0.5) is 0 Å². The van der Waals surface area contributed by atoms with Gasteiger partial charge in [0, 0.05) is 27.1 Å². The van der Waals surface area contributed by atoms with Crippen molar-refractivity contribution in [2.75, 3.05) is 0 Å². The minimum Gasteiger partial charge on any atom is -0.339 e. The normalized spacial score (nSPS) is 13.8. The highest BCUT2D eigenvalue weighted by atomic mass is 35.5. The molecule has 1 fully saturated rings. The summed E-state index contributed by atoms with van der Waals surface area (Å²) in [6, 6.07) is 12.9. The Balaban J connectivity index is 1.72. The highest BCUT2D eigenvalue weighted by Crippen LogP contribution is 2.40. The van der Waals surface area contributed by atoms with E-state index in [0.717, 1.165) is 29.7 Å². The predicted molar refractivity (Wildman–Crippen MR) is 114 cm³/mol. The van der Waals surface area contributed by atoms with Gasteiger partial charge in [-0.05, 0) is 50.1 Å². The maximum atomic E-state index is 6.49. The van der Waals surface area contributed by atoms with E-state index in [1.165, 1.54) is 0 Å². The van der Waals surface area contributed by atoms with Crippen LogP contribution in [0.5, 0.6) is 0 Å². The van der Waals surface area contributed by atoms with E-state index >= 15 is 0 Å². The van der Waals surface area contributed by atoms with Crippen LogP contribution in [0.2, 0.25) is 15.1 Å². The molecule has 2 aromatic carbocycles. The Bertz CT molecular complexity index is 1210. The van der Waals surface area contributed by atoms with E-state index in [1.54, 1.807) is 16.8 Å². The van der Waals surface area contributed by atoms with Crippen LogP contribution in [0.15, 0.2) is 47.0 Å². The monoisotopic (exact) mass is 444 g/mol. The molecule has 4 aromatic rings. The molecule has 0 aliphatic heterocycles. The Labute approximate surface area is 182 Å². The Hall–Kier alpha value is -2.34. The van der Waals surface area contributed by atoms with Gasteiger partial charge in [-0.15, -0.1) is 0 Å². The molecule has 29 heavy (non-hydrogen) atoms. The zero-order valence-corrected chi connectivity index (χ0v) is 17.6. The fourth-order valence-electron chi connectivity index (χ4n) is 3.31. The van der Waals surface area contributed by atoms with Crippen molar-refractivity contribution in [3.05, 3.63) is 69.0 Å². The van der Waals surface area contributed by atoms with Gasteiger partial charge in [0.2, 0.25) is 11.7 Å². The maximum Gasteiger partial charge on any atom is 0.230 e. The van der Waals surface area contributed by atoms with E-state index in [9.17, 15) is 0 Å². The molecule has 5 nitrogen and oxygen atoms in total. The molecule has 8 heteroatoms. The molecule has 0 saturated heterocycles. The molecule has 1 saturated carbocycles. The summed E-state index contributed by atoms with van der Waals surface area (Å²) in [4.78, 5) is 4.57. The molecule has 0 N–H and O–H groups in total. The van der Waals surface area contributed by atoms with Crippen molar-refractivity contribution >= 4 is 34.8 Å². The fourth-order valence-corrected chi connectivity index (χ4v) is 3.92. The minimum absolute atomic E-state index is 0.375. The molecule has 2 heterocycles. The van der Waals surface area contributed by atoms with Crippen molar-refractivity contribution in [3.8, 4) is 28.5 Å². The third-order valence-corrected chi connectivity index (χ3v) is 5.75. The Morgan fingerprint density at radius 2 is 1.72 bits per heavy atom. The van der Waals surface area contributed by atoms with Gasteiger partial charge in [-0.1, -0.05) is 52.1 Å². The van der Waals surface area contributed by atoms with Crippen LogP contribution < -0.4 is 0 Å². The summed E-state index contributed by atoms with van der Waals surface area (Å²) in [6.07, 6.45) is 2.18. The number of halogens is 3. The topological polar surface area (TPSA) is 56.7 Å². The van der Waals surface area contributed by atoms with Gasteiger partial charge in [-0.25, -0.2) is 4.68 Å². The molecule has 5 rings (SSSR count). The first-order chi connectivity index (χ1) is 14.0. The zero-order valence-electron chi connectivity index (χ0n) is 15.4. The van der Waals surface area contributed by atoms with Gasteiger partial charge in [-0.2, -0.15) is 10.1 Å². The second-order valence-electron chi connectivity index (χ2n) is 7.07. The Kier molecular flexibility index (Phi) is 4.62. The van der Waals surface area contributed by atoms with Crippen LogP contribution >= 0.6 is 34.8 Å². The molecule has 1 aliphatic rings. The van der Waals surface area contributed by atoms with Crippen LogP contribution in [0.3, 0.4) is 0 Å². The van der Waals surface area contributed by atoms with Crippen LogP contribution in [-0.4, -0.2) is 19.9 Å². The summed E-state index contributed by atoms with van der Waals surface area (Å²) in [6.45, 7) is 1.99. The molecular weight excluding hydrogens is 431 g/mol. The number of aromatic nitrogens is 4. The minimum atomic E-state index is 0.375.